The highest BCUT2D eigenvalue weighted by Crippen LogP contribution is 2.50. The van der Waals surface area contributed by atoms with Crippen LogP contribution in [0.2, 0.25) is 0 Å². The fraction of sp³-hybridized carbons (Fsp3) is 0.741. The number of nitrogens with one attached hydrogen (secondary N) is 1. The average Bonchev–Trinajstić information content (AvgIpc) is 3.27. The van der Waals surface area contributed by atoms with Crippen molar-refractivity contribution in [3.05, 3.63) is 34.9 Å². The van der Waals surface area contributed by atoms with Crippen LogP contribution in [0.4, 0.5) is 26.3 Å². The number of fused-ring (bicyclic) bond motifs is 2. The molecular formula is C27H36F6N2O3. The van der Waals surface area contributed by atoms with Crippen molar-refractivity contribution in [2.24, 2.45) is 17.3 Å². The molecule has 2 bridgehead atoms. The molecule has 0 aromatic heterocycles. The lowest BCUT2D eigenvalue weighted by atomic mass is 9.70. The summed E-state index contributed by atoms with van der Waals surface area (Å²) >= 11 is 0. The van der Waals surface area contributed by atoms with Gasteiger partial charge in [0.05, 0.1) is 35.4 Å². The van der Waals surface area contributed by atoms with Crippen LogP contribution in [-0.4, -0.2) is 53.9 Å². The standard InChI is InChI=1S/C27H36F6N2O3/c1-24(2,37)25(8-7-21(12-25)35(3)22-17-5-4-6-18(22)15-38-14-17)23(36)34-13-16-9-19(26(28,29)30)11-20(10-16)27(31,32)33/h9-11,17-18,21-22,37H,4-8,12-15H2,1-3H3,(H,34,36)/t17?,18?,21-,22?,25-/m1/s1. The number of benzene rings is 1. The predicted octanol–water partition coefficient (Wildman–Crippen LogP) is 5.40. The second kappa shape index (κ2) is 10.3. The van der Waals surface area contributed by atoms with E-state index in [1.54, 1.807) is 0 Å². The normalized spacial score (nSPS) is 30.5. The number of alkyl halides is 6. The molecule has 3 aliphatic rings. The number of ether oxygens (including phenoxy) is 1. The van der Waals surface area contributed by atoms with Crippen LogP contribution < -0.4 is 5.32 Å². The monoisotopic (exact) mass is 550 g/mol. The number of carbonyl (C=O) groups excluding carboxylic acids is 1. The van der Waals surface area contributed by atoms with Crippen molar-refractivity contribution < 1.29 is 41.0 Å². The number of amides is 1. The first kappa shape index (κ1) is 29.1. The summed E-state index contributed by atoms with van der Waals surface area (Å²) in [6.45, 7) is 3.95. The summed E-state index contributed by atoms with van der Waals surface area (Å²) in [5.74, 6) is 0.239. The fourth-order valence-corrected chi connectivity index (χ4v) is 6.89. The van der Waals surface area contributed by atoms with Crippen LogP contribution in [0.25, 0.3) is 0 Å². The highest BCUT2D eigenvalue weighted by molar-refractivity contribution is 5.84. The molecule has 4 atom stereocenters. The number of hydrogen-bond donors (Lipinski definition) is 2. The molecule has 2 aliphatic carbocycles. The molecular weight excluding hydrogens is 514 g/mol. The van der Waals surface area contributed by atoms with Gasteiger partial charge >= 0.3 is 12.4 Å². The van der Waals surface area contributed by atoms with Gasteiger partial charge in [-0.05, 0) is 88.6 Å². The van der Waals surface area contributed by atoms with Crippen molar-refractivity contribution in [1.29, 1.82) is 0 Å². The Kier molecular flexibility index (Phi) is 7.88. The molecule has 1 saturated heterocycles. The zero-order chi connectivity index (χ0) is 28.1. The minimum atomic E-state index is -4.97. The topological polar surface area (TPSA) is 61.8 Å². The first-order chi connectivity index (χ1) is 17.5. The van der Waals surface area contributed by atoms with Gasteiger partial charge < -0.3 is 15.2 Å². The van der Waals surface area contributed by atoms with E-state index in [2.05, 4.69) is 10.2 Å². The molecule has 1 aliphatic heterocycles. The van der Waals surface area contributed by atoms with Gasteiger partial charge in [-0.3, -0.25) is 9.69 Å². The van der Waals surface area contributed by atoms with Crippen LogP contribution in [-0.2, 0) is 28.4 Å². The van der Waals surface area contributed by atoms with Gasteiger partial charge in [0.15, 0.2) is 0 Å². The molecule has 2 unspecified atom stereocenters. The van der Waals surface area contributed by atoms with Gasteiger partial charge in [0.25, 0.3) is 0 Å². The summed E-state index contributed by atoms with van der Waals surface area (Å²) in [5, 5.41) is 13.7. The van der Waals surface area contributed by atoms with Crippen LogP contribution in [0.15, 0.2) is 18.2 Å². The maximum atomic E-state index is 13.5. The Bertz CT molecular complexity index is 967. The Morgan fingerprint density at radius 3 is 2.08 bits per heavy atom. The molecule has 38 heavy (non-hydrogen) atoms. The van der Waals surface area contributed by atoms with Crippen molar-refractivity contribution in [3.8, 4) is 0 Å². The predicted molar refractivity (Wildman–Crippen MR) is 128 cm³/mol. The highest BCUT2D eigenvalue weighted by atomic mass is 19.4. The van der Waals surface area contributed by atoms with E-state index in [1.165, 1.54) is 13.8 Å². The van der Waals surface area contributed by atoms with E-state index in [4.69, 9.17) is 4.74 Å². The number of hydrogen-bond acceptors (Lipinski definition) is 4. The smallest absolute Gasteiger partial charge is 0.389 e. The van der Waals surface area contributed by atoms with Crippen molar-refractivity contribution in [1.82, 2.24) is 10.2 Å². The van der Waals surface area contributed by atoms with E-state index in [1.807, 2.05) is 7.05 Å². The first-order valence-electron chi connectivity index (χ1n) is 13.1. The van der Waals surface area contributed by atoms with Gasteiger partial charge in [-0.1, -0.05) is 6.42 Å². The summed E-state index contributed by atoms with van der Waals surface area (Å²) in [6.07, 6.45) is -5.29. The number of carbonyl (C=O) groups is 1. The lowest BCUT2D eigenvalue weighted by Gasteiger charge is -2.49. The van der Waals surface area contributed by atoms with Gasteiger partial charge in [0, 0.05) is 18.6 Å². The molecule has 5 nitrogen and oxygen atoms in total. The van der Waals surface area contributed by atoms with Crippen LogP contribution >= 0.6 is 0 Å². The molecule has 1 aromatic carbocycles. The van der Waals surface area contributed by atoms with Gasteiger partial charge in [-0.2, -0.15) is 26.3 Å². The van der Waals surface area contributed by atoms with Crippen LogP contribution in [0, 0.1) is 17.3 Å². The number of aliphatic hydroxyl groups is 1. The Morgan fingerprint density at radius 1 is 1.03 bits per heavy atom. The summed E-state index contributed by atoms with van der Waals surface area (Å²) in [6, 6.07) is 1.60. The third-order valence-corrected chi connectivity index (χ3v) is 9.02. The molecule has 1 heterocycles. The zero-order valence-electron chi connectivity index (χ0n) is 21.9. The minimum absolute atomic E-state index is 0.00349. The molecule has 11 heteroatoms. The Morgan fingerprint density at radius 2 is 1.58 bits per heavy atom. The summed E-state index contributed by atoms with van der Waals surface area (Å²) in [5.41, 5.74) is -5.87. The first-order valence-corrected chi connectivity index (χ1v) is 13.1. The SMILES string of the molecule is CN(C1C2CCCC1COC2)[C@@H]1CC[C@@](C(=O)NCc2cc(C(F)(F)F)cc(C(F)(F)F)c2)(C(C)(C)O)C1. The van der Waals surface area contributed by atoms with Crippen molar-refractivity contribution in [2.45, 2.75) is 89.0 Å². The summed E-state index contributed by atoms with van der Waals surface area (Å²) in [7, 11) is 2.05. The van der Waals surface area contributed by atoms with Gasteiger partial charge in [0.1, 0.15) is 0 Å². The molecule has 3 fully saturated rings. The molecule has 1 amide bonds. The fourth-order valence-electron chi connectivity index (χ4n) is 6.89. The van der Waals surface area contributed by atoms with Gasteiger partial charge in [0.2, 0.25) is 5.91 Å². The second-order valence-corrected chi connectivity index (χ2v) is 11.8. The lowest BCUT2D eigenvalue weighted by molar-refractivity contribution is -0.147. The van der Waals surface area contributed by atoms with Crippen molar-refractivity contribution in [3.63, 3.8) is 0 Å². The number of rotatable bonds is 6. The average molecular weight is 551 g/mol. The van der Waals surface area contributed by atoms with E-state index < -0.39 is 46.9 Å². The molecule has 2 N–H and O–H groups in total. The molecule has 4 rings (SSSR count). The van der Waals surface area contributed by atoms with Crippen molar-refractivity contribution >= 4 is 5.91 Å². The van der Waals surface area contributed by atoms with Crippen LogP contribution in [0.1, 0.15) is 69.1 Å². The Labute approximate surface area is 218 Å². The maximum Gasteiger partial charge on any atom is 0.416 e. The van der Waals surface area contributed by atoms with Gasteiger partial charge in [-0.25, -0.2) is 0 Å². The number of nitrogens with zero attached hydrogens (tertiary/aromatic N) is 1. The summed E-state index contributed by atoms with van der Waals surface area (Å²) < 4.78 is 85.3. The molecule has 1 aromatic rings. The summed E-state index contributed by atoms with van der Waals surface area (Å²) in [4.78, 5) is 15.9. The third-order valence-electron chi connectivity index (χ3n) is 9.02. The van der Waals surface area contributed by atoms with Crippen molar-refractivity contribution in [2.75, 3.05) is 20.3 Å². The second-order valence-electron chi connectivity index (χ2n) is 11.8. The molecule has 0 radical (unpaired) electrons. The molecule has 2 saturated carbocycles. The zero-order valence-corrected chi connectivity index (χ0v) is 21.9. The van der Waals surface area contributed by atoms with Crippen LogP contribution in [0.5, 0.6) is 0 Å². The largest absolute Gasteiger partial charge is 0.416 e. The number of halogens is 6. The highest BCUT2D eigenvalue weighted by Gasteiger charge is 2.56. The minimum Gasteiger partial charge on any atom is -0.389 e. The maximum absolute atomic E-state index is 13.5. The van der Waals surface area contributed by atoms with Gasteiger partial charge in [-0.15, -0.1) is 0 Å². The van der Waals surface area contributed by atoms with E-state index in [-0.39, 0.29) is 17.7 Å². The molecule has 214 valence electrons. The van der Waals surface area contributed by atoms with E-state index in [0.29, 0.717) is 62.5 Å². The lowest BCUT2D eigenvalue weighted by Crippen LogP contribution is -2.56. The molecule has 0 spiro atoms. The van der Waals surface area contributed by atoms with E-state index in [0.717, 1.165) is 19.3 Å². The Balaban J connectivity index is 1.52. The van der Waals surface area contributed by atoms with E-state index in [9.17, 15) is 36.2 Å². The quantitative estimate of drug-likeness (QED) is 0.466. The van der Waals surface area contributed by atoms with Crippen LogP contribution in [0.3, 0.4) is 0 Å². The van der Waals surface area contributed by atoms with E-state index >= 15 is 0 Å². The Hall–Kier alpha value is -1.85. The third kappa shape index (κ3) is 5.70.